The number of nitrogens with zero attached hydrogens (tertiary/aromatic N) is 3. The number of nitrogens with one attached hydrogen (secondary N) is 1. The molecule has 3 N–H and O–H groups in total. The number of rotatable bonds is 5. The van der Waals surface area contributed by atoms with Crippen LogP contribution in [-0.2, 0) is 10.2 Å². The summed E-state index contributed by atoms with van der Waals surface area (Å²) in [6.45, 7) is 5.45. The van der Waals surface area contributed by atoms with Gasteiger partial charge in [0.25, 0.3) is 5.91 Å². The number of phenols is 1. The monoisotopic (exact) mass is 374 g/mol. The summed E-state index contributed by atoms with van der Waals surface area (Å²) in [6.07, 6.45) is 0.935. The number of amides is 1. The molecule has 1 saturated carbocycles. The highest BCUT2D eigenvalue weighted by Crippen LogP contribution is 2.53. The van der Waals surface area contributed by atoms with E-state index in [4.69, 9.17) is 5.53 Å². The Balaban J connectivity index is 2.83. The molecule has 27 heavy (non-hydrogen) atoms. The topological polar surface area (TPSA) is 135 Å². The van der Waals surface area contributed by atoms with Crippen molar-refractivity contribution in [2.45, 2.75) is 63.5 Å². The number of hydrogen-bond donors (Lipinski definition) is 3. The van der Waals surface area contributed by atoms with Gasteiger partial charge in [0.2, 0.25) is 0 Å². The predicted molar refractivity (Wildman–Crippen MR) is 101 cm³/mol. The minimum atomic E-state index is -1.31. The normalized spacial score (nSPS) is 26.3. The van der Waals surface area contributed by atoms with Crippen LogP contribution in [0.15, 0.2) is 17.2 Å². The maximum atomic E-state index is 12.4. The van der Waals surface area contributed by atoms with Gasteiger partial charge < -0.3 is 15.5 Å². The van der Waals surface area contributed by atoms with Gasteiger partial charge >= 0.3 is 0 Å². The SMILES string of the molecule is CCC1(c2c(C)ccc(C(=O)N=[N+]=[N-])c2O)CC(=O)CCC1(O)C(C)NC. The van der Waals surface area contributed by atoms with E-state index >= 15 is 0 Å². The molecular formula is C19H26N4O4. The Bertz CT molecular complexity index is 818. The second kappa shape index (κ2) is 7.68. The molecule has 8 nitrogen and oxygen atoms in total. The molecule has 1 aliphatic carbocycles. The average Bonchev–Trinajstić information content (AvgIpc) is 2.63. The first-order valence-electron chi connectivity index (χ1n) is 9.02. The second-order valence-corrected chi connectivity index (χ2v) is 7.23. The van der Waals surface area contributed by atoms with Crippen LogP contribution in [0.5, 0.6) is 5.75 Å². The van der Waals surface area contributed by atoms with E-state index in [1.165, 1.54) is 6.07 Å². The van der Waals surface area contributed by atoms with Gasteiger partial charge in [-0.15, -0.1) is 0 Å². The quantitative estimate of drug-likeness (QED) is 0.414. The fourth-order valence-electron chi connectivity index (χ4n) is 4.49. The number of carbonyl (C=O) groups is 2. The van der Waals surface area contributed by atoms with Gasteiger partial charge in [-0.05, 0) is 56.0 Å². The van der Waals surface area contributed by atoms with Crippen LogP contribution in [0.1, 0.15) is 61.0 Å². The summed E-state index contributed by atoms with van der Waals surface area (Å²) in [5.41, 5.74) is 7.03. The van der Waals surface area contributed by atoms with E-state index in [9.17, 15) is 19.8 Å². The smallest absolute Gasteiger partial charge is 0.252 e. The summed E-state index contributed by atoms with van der Waals surface area (Å²) in [7, 11) is 1.73. The van der Waals surface area contributed by atoms with Crippen molar-refractivity contribution in [1.29, 1.82) is 0 Å². The number of likely N-dealkylation sites (N-methyl/N-ethyl adjacent to an activating group) is 1. The van der Waals surface area contributed by atoms with Crippen molar-refractivity contribution in [2.75, 3.05) is 7.05 Å². The molecular weight excluding hydrogens is 348 g/mol. The highest BCUT2D eigenvalue weighted by Gasteiger charge is 2.57. The number of benzene rings is 1. The molecule has 1 aromatic carbocycles. The number of aryl methyl sites for hydroxylation is 1. The van der Waals surface area contributed by atoms with Crippen LogP contribution >= 0.6 is 0 Å². The molecule has 1 aromatic rings. The molecule has 0 aliphatic heterocycles. The molecule has 0 saturated heterocycles. The molecule has 1 fully saturated rings. The summed E-state index contributed by atoms with van der Waals surface area (Å²) in [6, 6.07) is 2.66. The Kier molecular flexibility index (Phi) is 5.94. The summed E-state index contributed by atoms with van der Waals surface area (Å²) >= 11 is 0. The van der Waals surface area contributed by atoms with Gasteiger partial charge in [-0.3, -0.25) is 9.59 Å². The lowest BCUT2D eigenvalue weighted by Gasteiger charge is -2.53. The Morgan fingerprint density at radius 2 is 2.15 bits per heavy atom. The van der Waals surface area contributed by atoms with Crippen molar-refractivity contribution in [3.05, 3.63) is 39.3 Å². The average molecular weight is 374 g/mol. The number of hydrogen-bond acceptors (Lipinski definition) is 5. The van der Waals surface area contributed by atoms with E-state index in [0.29, 0.717) is 17.5 Å². The summed E-state index contributed by atoms with van der Waals surface area (Å²) in [4.78, 5) is 27.0. The molecule has 2 rings (SSSR count). The van der Waals surface area contributed by atoms with Crippen molar-refractivity contribution >= 4 is 11.7 Å². The molecule has 3 unspecified atom stereocenters. The van der Waals surface area contributed by atoms with Gasteiger partial charge in [-0.2, -0.15) is 0 Å². The zero-order valence-corrected chi connectivity index (χ0v) is 16.1. The van der Waals surface area contributed by atoms with E-state index in [2.05, 4.69) is 15.3 Å². The molecule has 0 radical (unpaired) electrons. The Morgan fingerprint density at radius 3 is 2.70 bits per heavy atom. The van der Waals surface area contributed by atoms with Crippen molar-refractivity contribution in [3.63, 3.8) is 0 Å². The van der Waals surface area contributed by atoms with Gasteiger partial charge in [0, 0.05) is 34.8 Å². The van der Waals surface area contributed by atoms with Gasteiger partial charge in [0.15, 0.2) is 0 Å². The number of aromatic hydroxyl groups is 1. The largest absolute Gasteiger partial charge is 0.507 e. The number of azide groups is 1. The maximum absolute atomic E-state index is 12.4. The minimum absolute atomic E-state index is 0.00426. The third-order valence-corrected chi connectivity index (χ3v) is 6.10. The van der Waals surface area contributed by atoms with Crippen LogP contribution in [0.3, 0.4) is 0 Å². The van der Waals surface area contributed by atoms with Crippen molar-refractivity contribution in [1.82, 2.24) is 5.32 Å². The molecule has 0 aromatic heterocycles. The van der Waals surface area contributed by atoms with Crippen molar-refractivity contribution < 1.29 is 19.8 Å². The van der Waals surface area contributed by atoms with E-state index in [-0.39, 0.29) is 42.4 Å². The number of phenolic OH excluding ortho intramolecular Hbond substituents is 1. The third kappa shape index (κ3) is 3.20. The van der Waals surface area contributed by atoms with Gasteiger partial charge in [-0.1, -0.05) is 13.0 Å². The van der Waals surface area contributed by atoms with Crippen molar-refractivity contribution in [2.24, 2.45) is 5.11 Å². The number of Topliss-reactive ketones (excluding diaryl/α,β-unsaturated/α-hetero) is 1. The third-order valence-electron chi connectivity index (χ3n) is 6.10. The zero-order chi connectivity index (χ0) is 20.4. The summed E-state index contributed by atoms with van der Waals surface area (Å²) in [5, 5.41) is 28.8. The zero-order valence-electron chi connectivity index (χ0n) is 16.1. The van der Waals surface area contributed by atoms with Gasteiger partial charge in [0.1, 0.15) is 11.5 Å². The van der Waals surface area contributed by atoms with E-state index in [1.807, 2.05) is 13.8 Å². The van der Waals surface area contributed by atoms with Crippen LogP contribution in [0.4, 0.5) is 0 Å². The van der Waals surface area contributed by atoms with Crippen LogP contribution in [-0.4, -0.2) is 40.6 Å². The number of aliphatic hydroxyl groups is 1. The summed E-state index contributed by atoms with van der Waals surface area (Å²) < 4.78 is 0. The molecule has 1 aliphatic rings. The first kappa shape index (κ1) is 20.9. The standard InChI is InChI=1S/C19H26N4O4/c1-5-18(10-13(24)8-9-19(18,27)12(3)21-4)15-11(2)6-7-14(16(15)25)17(26)22-23-20/h6-7,12,21,25,27H,5,8-10H2,1-4H3. The first-order chi connectivity index (χ1) is 12.7. The first-order valence-corrected chi connectivity index (χ1v) is 9.02. The fraction of sp³-hybridized carbons (Fsp3) is 0.579. The minimum Gasteiger partial charge on any atom is -0.507 e. The number of carbonyl (C=O) groups excluding carboxylic acids is 2. The lowest BCUT2D eigenvalue weighted by molar-refractivity contribution is -0.139. The predicted octanol–water partition coefficient (Wildman–Crippen LogP) is 2.89. The highest BCUT2D eigenvalue weighted by atomic mass is 16.3. The van der Waals surface area contributed by atoms with Gasteiger partial charge in [0.05, 0.1) is 11.2 Å². The van der Waals surface area contributed by atoms with E-state index < -0.39 is 16.9 Å². The molecule has 3 atom stereocenters. The summed E-state index contributed by atoms with van der Waals surface area (Å²) in [5.74, 6) is -1.25. The van der Waals surface area contributed by atoms with Crippen LogP contribution in [0.25, 0.3) is 10.4 Å². The Labute approximate surface area is 158 Å². The van der Waals surface area contributed by atoms with Crippen molar-refractivity contribution in [3.8, 4) is 5.75 Å². The van der Waals surface area contributed by atoms with Gasteiger partial charge in [-0.25, -0.2) is 0 Å². The Morgan fingerprint density at radius 1 is 1.48 bits per heavy atom. The molecule has 0 heterocycles. The van der Waals surface area contributed by atoms with E-state index in [1.54, 1.807) is 20.0 Å². The number of ketones is 1. The molecule has 146 valence electrons. The molecule has 0 bridgehead atoms. The second-order valence-electron chi connectivity index (χ2n) is 7.23. The van der Waals surface area contributed by atoms with Crippen LogP contribution in [0.2, 0.25) is 0 Å². The lowest BCUT2D eigenvalue weighted by atomic mass is 9.55. The van der Waals surface area contributed by atoms with Crippen LogP contribution in [0, 0.1) is 6.92 Å². The lowest BCUT2D eigenvalue weighted by Crippen LogP contribution is -2.64. The maximum Gasteiger partial charge on any atom is 0.252 e. The molecule has 0 spiro atoms. The molecule has 1 amide bonds. The molecule has 8 heteroatoms. The Hall–Kier alpha value is -2.41. The van der Waals surface area contributed by atoms with E-state index in [0.717, 1.165) is 0 Å². The fourth-order valence-corrected chi connectivity index (χ4v) is 4.49. The van der Waals surface area contributed by atoms with Crippen LogP contribution < -0.4 is 5.32 Å². The highest BCUT2D eigenvalue weighted by molar-refractivity contribution is 5.98.